The van der Waals surface area contributed by atoms with Crippen molar-refractivity contribution in [2.75, 3.05) is 31.6 Å². The fourth-order valence-corrected chi connectivity index (χ4v) is 2.04. The van der Waals surface area contributed by atoms with Crippen LogP contribution in [0.25, 0.3) is 0 Å². The van der Waals surface area contributed by atoms with E-state index in [0.717, 1.165) is 18.8 Å². The summed E-state index contributed by atoms with van der Waals surface area (Å²) in [6.45, 7) is 2.18. The lowest BCUT2D eigenvalue weighted by molar-refractivity contribution is -0.122. The number of hydrogen-bond acceptors (Lipinski definition) is 5. The lowest BCUT2D eigenvalue weighted by Crippen LogP contribution is -2.57. The lowest BCUT2D eigenvalue weighted by Gasteiger charge is -2.36. The number of nitrogens with zero attached hydrogens (tertiary/aromatic N) is 3. The number of hydrogen-bond donors (Lipinski definition) is 2. The zero-order valence-corrected chi connectivity index (χ0v) is 10.2. The molecule has 0 radical (unpaired) electrons. The molecule has 2 heterocycles. The van der Waals surface area contributed by atoms with E-state index in [9.17, 15) is 4.79 Å². The maximum atomic E-state index is 11.8. The van der Waals surface area contributed by atoms with E-state index in [-0.39, 0.29) is 11.9 Å². The molecule has 18 heavy (non-hydrogen) atoms. The van der Waals surface area contributed by atoms with Crippen LogP contribution in [-0.4, -0.2) is 43.6 Å². The minimum absolute atomic E-state index is 0.0217. The topological polar surface area (TPSA) is 81.0 Å². The summed E-state index contributed by atoms with van der Waals surface area (Å²) in [6, 6.07) is 5.23. The Morgan fingerprint density at radius 2 is 2.50 bits per heavy atom. The van der Waals surface area contributed by atoms with Crippen molar-refractivity contribution in [2.24, 2.45) is 0 Å². The van der Waals surface area contributed by atoms with Crippen LogP contribution >= 0.6 is 0 Å². The molecule has 94 valence electrons. The molecule has 0 spiro atoms. The van der Waals surface area contributed by atoms with Gasteiger partial charge in [0, 0.05) is 26.7 Å². The molecule has 0 aliphatic carbocycles. The summed E-state index contributed by atoms with van der Waals surface area (Å²) in [6.07, 6.45) is 1.64. The first kappa shape index (κ1) is 12.3. The van der Waals surface area contributed by atoms with Gasteiger partial charge < -0.3 is 15.5 Å². The molecule has 6 heteroatoms. The third-order valence-electron chi connectivity index (χ3n) is 2.99. The Labute approximate surface area is 106 Å². The number of anilines is 1. The molecule has 1 fully saturated rings. The van der Waals surface area contributed by atoms with E-state index in [0.29, 0.717) is 12.2 Å². The molecule has 1 aromatic heterocycles. The van der Waals surface area contributed by atoms with Gasteiger partial charge in [0.25, 0.3) is 0 Å². The predicted octanol–water partition coefficient (Wildman–Crippen LogP) is -0.523. The summed E-state index contributed by atoms with van der Waals surface area (Å²) >= 11 is 0. The predicted molar refractivity (Wildman–Crippen MR) is 67.0 cm³/mol. The van der Waals surface area contributed by atoms with Gasteiger partial charge in [0.1, 0.15) is 17.8 Å². The maximum Gasteiger partial charge on any atom is 0.243 e. The largest absolute Gasteiger partial charge is 0.357 e. The van der Waals surface area contributed by atoms with Crippen LogP contribution in [-0.2, 0) is 4.79 Å². The van der Waals surface area contributed by atoms with Crippen molar-refractivity contribution in [1.82, 2.24) is 15.6 Å². The van der Waals surface area contributed by atoms with Gasteiger partial charge in [0.2, 0.25) is 5.91 Å². The fraction of sp³-hybridized carbons (Fsp3) is 0.417. The third-order valence-corrected chi connectivity index (χ3v) is 2.99. The Kier molecular flexibility index (Phi) is 3.75. The third kappa shape index (κ3) is 2.41. The van der Waals surface area contributed by atoms with E-state index in [4.69, 9.17) is 5.26 Å². The van der Waals surface area contributed by atoms with Crippen LogP contribution in [0.5, 0.6) is 0 Å². The highest BCUT2D eigenvalue weighted by molar-refractivity contribution is 5.85. The maximum absolute atomic E-state index is 11.8. The van der Waals surface area contributed by atoms with Gasteiger partial charge in [-0.15, -0.1) is 0 Å². The number of rotatable bonds is 2. The number of pyridine rings is 1. The average molecular weight is 245 g/mol. The molecule has 1 aliphatic heterocycles. The number of piperazine rings is 1. The second-order valence-corrected chi connectivity index (χ2v) is 4.04. The Bertz CT molecular complexity index is 464. The Morgan fingerprint density at radius 3 is 3.11 bits per heavy atom. The average Bonchev–Trinajstić information content (AvgIpc) is 2.46. The molecule has 2 rings (SSSR count). The number of aromatic nitrogens is 1. The normalized spacial score (nSPS) is 19.1. The SMILES string of the molecule is CNC(=O)C1CNCCN1c1ccc(C#N)nc1. The second-order valence-electron chi connectivity index (χ2n) is 4.04. The number of carbonyl (C=O) groups is 1. The first-order chi connectivity index (χ1) is 8.76. The van der Waals surface area contributed by atoms with Gasteiger partial charge in [-0.3, -0.25) is 4.79 Å². The monoisotopic (exact) mass is 245 g/mol. The van der Waals surface area contributed by atoms with Crippen molar-refractivity contribution in [3.8, 4) is 6.07 Å². The van der Waals surface area contributed by atoms with Crippen molar-refractivity contribution in [1.29, 1.82) is 5.26 Å². The number of amides is 1. The molecular formula is C12H15N5O. The van der Waals surface area contributed by atoms with Gasteiger partial charge in [-0.1, -0.05) is 0 Å². The summed E-state index contributed by atoms with van der Waals surface area (Å²) in [7, 11) is 1.63. The summed E-state index contributed by atoms with van der Waals surface area (Å²) < 4.78 is 0. The molecule has 6 nitrogen and oxygen atoms in total. The van der Waals surface area contributed by atoms with E-state index >= 15 is 0 Å². The van der Waals surface area contributed by atoms with Crippen LogP contribution in [0.1, 0.15) is 5.69 Å². The van der Waals surface area contributed by atoms with Gasteiger partial charge in [-0.25, -0.2) is 4.98 Å². The van der Waals surface area contributed by atoms with E-state index in [1.54, 1.807) is 19.3 Å². The minimum Gasteiger partial charge on any atom is -0.357 e. The van der Waals surface area contributed by atoms with Crippen LogP contribution < -0.4 is 15.5 Å². The molecule has 1 amide bonds. The van der Waals surface area contributed by atoms with Crippen LogP contribution in [0.2, 0.25) is 0 Å². The van der Waals surface area contributed by atoms with Crippen molar-refractivity contribution in [3.63, 3.8) is 0 Å². The first-order valence-electron chi connectivity index (χ1n) is 5.81. The standard InChI is InChI=1S/C12H15N5O/c1-14-12(18)11-8-15-4-5-17(11)10-3-2-9(6-13)16-7-10/h2-3,7,11,15H,4-5,8H2,1H3,(H,14,18). The molecule has 0 aromatic carbocycles. The van der Waals surface area contributed by atoms with Gasteiger partial charge in [0.15, 0.2) is 0 Å². The van der Waals surface area contributed by atoms with E-state index in [2.05, 4.69) is 15.6 Å². The van der Waals surface area contributed by atoms with Gasteiger partial charge in [-0.05, 0) is 12.1 Å². The zero-order valence-electron chi connectivity index (χ0n) is 10.2. The van der Waals surface area contributed by atoms with E-state index < -0.39 is 0 Å². The smallest absolute Gasteiger partial charge is 0.243 e. The Hall–Kier alpha value is -2.13. The Balaban J connectivity index is 2.22. The van der Waals surface area contributed by atoms with Crippen LogP contribution in [0.3, 0.4) is 0 Å². The molecule has 0 bridgehead atoms. The highest BCUT2D eigenvalue weighted by atomic mass is 16.2. The Morgan fingerprint density at radius 1 is 1.67 bits per heavy atom. The lowest BCUT2D eigenvalue weighted by atomic mass is 10.1. The van der Waals surface area contributed by atoms with Gasteiger partial charge in [0.05, 0.1) is 11.9 Å². The van der Waals surface area contributed by atoms with Crippen LogP contribution in [0.4, 0.5) is 5.69 Å². The quantitative estimate of drug-likeness (QED) is 0.732. The highest BCUT2D eigenvalue weighted by Crippen LogP contribution is 2.17. The van der Waals surface area contributed by atoms with Gasteiger partial charge >= 0.3 is 0 Å². The number of likely N-dealkylation sites (N-methyl/N-ethyl adjacent to an activating group) is 1. The van der Waals surface area contributed by atoms with Crippen LogP contribution in [0.15, 0.2) is 18.3 Å². The molecule has 2 N–H and O–H groups in total. The molecule has 1 saturated heterocycles. The van der Waals surface area contributed by atoms with Crippen molar-refractivity contribution >= 4 is 11.6 Å². The van der Waals surface area contributed by atoms with Gasteiger partial charge in [-0.2, -0.15) is 5.26 Å². The molecule has 0 saturated carbocycles. The highest BCUT2D eigenvalue weighted by Gasteiger charge is 2.28. The van der Waals surface area contributed by atoms with Crippen molar-refractivity contribution in [3.05, 3.63) is 24.0 Å². The zero-order chi connectivity index (χ0) is 13.0. The fourth-order valence-electron chi connectivity index (χ4n) is 2.04. The molecule has 1 aromatic rings. The number of nitrogens with one attached hydrogen (secondary N) is 2. The summed E-state index contributed by atoms with van der Waals surface area (Å²) in [5.74, 6) is -0.0217. The molecule has 1 aliphatic rings. The second kappa shape index (κ2) is 5.47. The summed E-state index contributed by atoms with van der Waals surface area (Å²) in [4.78, 5) is 17.8. The molecular weight excluding hydrogens is 230 g/mol. The summed E-state index contributed by atoms with van der Waals surface area (Å²) in [5, 5.41) is 14.6. The van der Waals surface area contributed by atoms with Crippen molar-refractivity contribution in [2.45, 2.75) is 6.04 Å². The van der Waals surface area contributed by atoms with Crippen molar-refractivity contribution < 1.29 is 4.79 Å². The molecule has 1 atom stereocenters. The molecule has 1 unspecified atom stereocenters. The number of nitriles is 1. The number of carbonyl (C=O) groups excluding carboxylic acids is 1. The minimum atomic E-state index is -0.238. The van der Waals surface area contributed by atoms with E-state index in [1.807, 2.05) is 17.0 Å². The van der Waals surface area contributed by atoms with E-state index in [1.165, 1.54) is 0 Å². The van der Waals surface area contributed by atoms with Crippen LogP contribution in [0, 0.1) is 11.3 Å². The summed E-state index contributed by atoms with van der Waals surface area (Å²) in [5.41, 5.74) is 1.24. The first-order valence-corrected chi connectivity index (χ1v) is 5.81.